The molecule has 0 spiro atoms. The summed E-state index contributed by atoms with van der Waals surface area (Å²) >= 11 is 0. The number of aliphatic hydroxyl groups is 1. The molecule has 0 bridgehead atoms. The molecule has 0 unspecified atom stereocenters. The number of aromatic nitrogens is 2. The zero-order chi connectivity index (χ0) is 18.3. The Kier molecular flexibility index (Phi) is 4.45. The molecule has 2 aliphatic rings. The van der Waals surface area contributed by atoms with Crippen LogP contribution in [0.3, 0.4) is 0 Å². The highest BCUT2D eigenvalue weighted by Crippen LogP contribution is 2.27. The number of piperazine rings is 1. The Morgan fingerprint density at radius 2 is 1.96 bits per heavy atom. The van der Waals surface area contributed by atoms with Crippen LogP contribution in [0.2, 0.25) is 0 Å². The summed E-state index contributed by atoms with van der Waals surface area (Å²) in [5.41, 5.74) is 0.828. The fourth-order valence-corrected chi connectivity index (χ4v) is 6.08. The van der Waals surface area contributed by atoms with Crippen molar-refractivity contribution in [3.05, 3.63) is 30.5 Å². The van der Waals surface area contributed by atoms with Crippen molar-refractivity contribution in [3.8, 4) is 0 Å². The predicted molar refractivity (Wildman–Crippen MR) is 96.3 cm³/mol. The topological polar surface area (TPSA) is 95.7 Å². The van der Waals surface area contributed by atoms with Gasteiger partial charge in [0.1, 0.15) is 6.54 Å². The molecule has 2 aromatic rings. The number of fused-ring (bicyclic) bond motifs is 2. The number of carbonyl (C=O) groups excluding carboxylic acids is 1. The molecular formula is C17H22N4O4S. The first-order chi connectivity index (χ1) is 12.5. The third kappa shape index (κ3) is 3.22. The number of rotatable bonds is 4. The molecule has 3 heterocycles. The van der Waals surface area contributed by atoms with E-state index in [2.05, 4.69) is 5.10 Å². The first-order valence-electron chi connectivity index (χ1n) is 8.74. The van der Waals surface area contributed by atoms with Gasteiger partial charge in [-0.3, -0.25) is 14.4 Å². The van der Waals surface area contributed by atoms with Crippen molar-refractivity contribution in [3.63, 3.8) is 0 Å². The van der Waals surface area contributed by atoms with Crippen molar-refractivity contribution in [2.75, 3.05) is 37.7 Å². The largest absolute Gasteiger partial charge is 0.395 e. The highest BCUT2D eigenvalue weighted by atomic mass is 32.2. The minimum Gasteiger partial charge on any atom is -0.395 e. The molecule has 26 heavy (non-hydrogen) atoms. The lowest BCUT2D eigenvalue weighted by molar-refractivity contribution is -0.137. The lowest BCUT2D eigenvalue weighted by atomic mass is 10.0. The van der Waals surface area contributed by atoms with E-state index in [1.807, 2.05) is 35.4 Å². The molecule has 2 atom stereocenters. The molecule has 0 saturated carbocycles. The van der Waals surface area contributed by atoms with Gasteiger partial charge in [-0.25, -0.2) is 8.42 Å². The Bertz CT molecular complexity index is 893. The van der Waals surface area contributed by atoms with Crippen molar-refractivity contribution in [2.45, 2.75) is 18.6 Å². The molecular weight excluding hydrogens is 356 g/mol. The molecule has 2 aliphatic heterocycles. The van der Waals surface area contributed by atoms with Crippen LogP contribution in [0.4, 0.5) is 0 Å². The average molecular weight is 378 g/mol. The zero-order valence-corrected chi connectivity index (χ0v) is 15.2. The van der Waals surface area contributed by atoms with Crippen LogP contribution in [0.5, 0.6) is 0 Å². The van der Waals surface area contributed by atoms with Gasteiger partial charge < -0.3 is 10.0 Å². The normalized spacial score (nSPS) is 25.5. The van der Waals surface area contributed by atoms with Crippen LogP contribution < -0.4 is 0 Å². The van der Waals surface area contributed by atoms with Gasteiger partial charge >= 0.3 is 0 Å². The lowest BCUT2D eigenvalue weighted by Crippen LogP contribution is -2.61. The second-order valence-corrected chi connectivity index (χ2v) is 9.10. The standard InChI is InChI=1S/C17H22N4O4S/c22-8-7-19-5-6-21(16-12-26(24,25)11-15(16)19)17(23)10-20-9-13-3-1-2-4-14(13)18-20/h1-4,9,15-16,22H,5-8,10-12H2/t15-,16+/m1/s1. The van der Waals surface area contributed by atoms with Crippen molar-refractivity contribution in [1.82, 2.24) is 19.6 Å². The maximum Gasteiger partial charge on any atom is 0.244 e. The van der Waals surface area contributed by atoms with Gasteiger partial charge in [0, 0.05) is 37.3 Å². The third-order valence-electron chi connectivity index (χ3n) is 5.26. The number of hydrogen-bond donors (Lipinski definition) is 1. The van der Waals surface area contributed by atoms with Gasteiger partial charge in [0.05, 0.1) is 29.7 Å². The van der Waals surface area contributed by atoms with Gasteiger partial charge in [-0.1, -0.05) is 18.2 Å². The highest BCUT2D eigenvalue weighted by molar-refractivity contribution is 7.91. The first-order valence-corrected chi connectivity index (χ1v) is 10.6. The van der Waals surface area contributed by atoms with Gasteiger partial charge in [-0.2, -0.15) is 5.10 Å². The Balaban J connectivity index is 1.53. The Labute approximate surface area is 151 Å². The Morgan fingerprint density at radius 1 is 1.19 bits per heavy atom. The van der Waals surface area contributed by atoms with Crippen LogP contribution in [-0.2, 0) is 21.2 Å². The summed E-state index contributed by atoms with van der Waals surface area (Å²) in [7, 11) is -3.18. The van der Waals surface area contributed by atoms with Crippen LogP contribution in [0.25, 0.3) is 10.9 Å². The van der Waals surface area contributed by atoms with Crippen LogP contribution in [-0.4, -0.2) is 88.8 Å². The second-order valence-electron chi connectivity index (χ2n) is 6.94. The van der Waals surface area contributed by atoms with Crippen LogP contribution >= 0.6 is 0 Å². The summed E-state index contributed by atoms with van der Waals surface area (Å²) in [4.78, 5) is 16.5. The summed E-state index contributed by atoms with van der Waals surface area (Å²) in [5, 5.41) is 14.6. The zero-order valence-electron chi connectivity index (χ0n) is 14.4. The molecule has 140 valence electrons. The van der Waals surface area contributed by atoms with E-state index in [1.165, 1.54) is 0 Å². The molecule has 1 amide bonds. The van der Waals surface area contributed by atoms with E-state index < -0.39 is 9.84 Å². The van der Waals surface area contributed by atoms with Crippen molar-refractivity contribution in [1.29, 1.82) is 0 Å². The maximum atomic E-state index is 12.9. The number of hydrogen-bond acceptors (Lipinski definition) is 6. The molecule has 1 aromatic carbocycles. The van der Waals surface area contributed by atoms with Crippen LogP contribution in [0, 0.1) is 0 Å². The van der Waals surface area contributed by atoms with Gasteiger partial charge in [0.25, 0.3) is 0 Å². The van der Waals surface area contributed by atoms with E-state index in [0.717, 1.165) is 10.9 Å². The molecule has 2 saturated heterocycles. The molecule has 8 nitrogen and oxygen atoms in total. The summed E-state index contributed by atoms with van der Waals surface area (Å²) in [6.07, 6.45) is 1.83. The average Bonchev–Trinajstić information content (AvgIpc) is 3.14. The van der Waals surface area contributed by atoms with Crippen molar-refractivity contribution >= 4 is 26.6 Å². The molecule has 0 radical (unpaired) electrons. The number of β-amino-alcohol motifs (C(OH)–C–C–N with tert-alkyl or cyclic N) is 1. The minimum atomic E-state index is -3.18. The van der Waals surface area contributed by atoms with E-state index in [9.17, 15) is 18.3 Å². The molecule has 1 aromatic heterocycles. The molecule has 0 aliphatic carbocycles. The SMILES string of the molecule is O=C(Cn1cc2ccccc2n1)N1CCN(CCO)[C@@H]2CS(=O)(=O)C[C@@H]21. The number of benzene rings is 1. The third-order valence-corrected chi connectivity index (χ3v) is 6.96. The number of sulfone groups is 1. The Morgan fingerprint density at radius 3 is 2.73 bits per heavy atom. The van der Waals surface area contributed by atoms with Gasteiger partial charge in [0.15, 0.2) is 9.84 Å². The minimum absolute atomic E-state index is 0.00752. The number of amides is 1. The van der Waals surface area contributed by atoms with Crippen molar-refractivity contribution < 1.29 is 18.3 Å². The quantitative estimate of drug-likeness (QED) is 0.759. The van der Waals surface area contributed by atoms with E-state index in [4.69, 9.17) is 0 Å². The van der Waals surface area contributed by atoms with Gasteiger partial charge in [0.2, 0.25) is 5.91 Å². The lowest BCUT2D eigenvalue weighted by Gasteiger charge is -2.43. The monoisotopic (exact) mass is 378 g/mol. The molecule has 4 rings (SSSR count). The van der Waals surface area contributed by atoms with Gasteiger partial charge in [-0.15, -0.1) is 0 Å². The number of carbonyl (C=O) groups is 1. The molecule has 1 N–H and O–H groups in total. The fourth-order valence-electron chi connectivity index (χ4n) is 4.07. The van der Waals surface area contributed by atoms with Gasteiger partial charge in [-0.05, 0) is 6.07 Å². The van der Waals surface area contributed by atoms with E-state index in [1.54, 1.807) is 9.58 Å². The van der Waals surface area contributed by atoms with E-state index >= 15 is 0 Å². The smallest absolute Gasteiger partial charge is 0.244 e. The van der Waals surface area contributed by atoms with E-state index in [0.29, 0.717) is 19.6 Å². The first kappa shape index (κ1) is 17.4. The molecule has 9 heteroatoms. The predicted octanol–water partition coefficient (Wildman–Crippen LogP) is -0.662. The van der Waals surface area contributed by atoms with Crippen LogP contribution in [0.1, 0.15) is 0 Å². The summed E-state index contributed by atoms with van der Waals surface area (Å²) in [5.74, 6) is -0.0759. The van der Waals surface area contributed by atoms with Crippen molar-refractivity contribution in [2.24, 2.45) is 0 Å². The highest BCUT2D eigenvalue weighted by Gasteiger charge is 2.47. The maximum absolute atomic E-state index is 12.9. The summed E-state index contributed by atoms with van der Waals surface area (Å²) < 4.78 is 25.9. The van der Waals surface area contributed by atoms with Crippen LogP contribution in [0.15, 0.2) is 30.5 Å². The molecule has 2 fully saturated rings. The van der Waals surface area contributed by atoms with E-state index in [-0.39, 0.29) is 42.6 Å². The second kappa shape index (κ2) is 6.64. The summed E-state index contributed by atoms with van der Waals surface area (Å²) in [6.45, 7) is 1.55. The number of nitrogens with zero attached hydrogens (tertiary/aromatic N) is 4. The summed E-state index contributed by atoms with van der Waals surface area (Å²) in [6, 6.07) is 7.07. The Hall–Kier alpha value is -1.97. The number of aliphatic hydroxyl groups excluding tert-OH is 1. The fraction of sp³-hybridized carbons (Fsp3) is 0.529.